The number of nitrogens with zero attached hydrogens (tertiary/aromatic N) is 2. The van der Waals surface area contributed by atoms with Crippen molar-refractivity contribution in [2.45, 2.75) is 32.0 Å². The highest BCUT2D eigenvalue weighted by molar-refractivity contribution is 7.17. The Hall–Kier alpha value is -2.63. The number of halogens is 1. The number of carbonyl (C=O) groups excluding carboxylic acids is 2. The van der Waals surface area contributed by atoms with Crippen LogP contribution in [0.3, 0.4) is 0 Å². The number of hydrogen-bond acceptors (Lipinski definition) is 3. The summed E-state index contributed by atoms with van der Waals surface area (Å²) in [4.78, 5) is 27.7. The van der Waals surface area contributed by atoms with Gasteiger partial charge in [0.05, 0.1) is 16.8 Å². The van der Waals surface area contributed by atoms with Crippen molar-refractivity contribution in [2.24, 2.45) is 0 Å². The summed E-state index contributed by atoms with van der Waals surface area (Å²) in [5.74, 6) is -0.124. The summed E-state index contributed by atoms with van der Waals surface area (Å²) in [5, 5.41) is 2.65. The molecule has 0 saturated heterocycles. The predicted octanol–water partition coefficient (Wildman–Crippen LogP) is 5.47. The van der Waals surface area contributed by atoms with Gasteiger partial charge in [-0.3, -0.25) is 4.79 Å². The zero-order valence-electron chi connectivity index (χ0n) is 16.0. The molecule has 0 saturated carbocycles. The number of allylic oxidation sites excluding steroid dienone is 3. The van der Waals surface area contributed by atoms with E-state index in [1.807, 2.05) is 65.4 Å². The average Bonchev–Trinajstić information content (AvgIpc) is 3.32. The third-order valence-electron chi connectivity index (χ3n) is 5.34. The number of benzene rings is 1. The van der Waals surface area contributed by atoms with Gasteiger partial charge in [-0.25, -0.2) is 0 Å². The Balaban J connectivity index is 1.78. The Morgan fingerprint density at radius 1 is 1.21 bits per heavy atom. The Bertz CT molecular complexity index is 1110. The van der Waals surface area contributed by atoms with E-state index in [9.17, 15) is 9.59 Å². The van der Waals surface area contributed by atoms with Gasteiger partial charge in [-0.15, -0.1) is 11.3 Å². The zero-order valence-corrected chi connectivity index (χ0v) is 17.6. The van der Waals surface area contributed by atoms with Gasteiger partial charge in [0, 0.05) is 11.6 Å². The fraction of sp³-hybridized carbons (Fsp3) is 0.217. The van der Waals surface area contributed by atoms with Crippen LogP contribution in [0.1, 0.15) is 29.4 Å². The number of carbonyl (C=O) groups is 2. The van der Waals surface area contributed by atoms with E-state index in [4.69, 9.17) is 11.6 Å². The van der Waals surface area contributed by atoms with Gasteiger partial charge < -0.3 is 14.3 Å². The molecule has 0 fully saturated rings. The fourth-order valence-electron chi connectivity index (χ4n) is 3.81. The van der Waals surface area contributed by atoms with E-state index in [0.29, 0.717) is 30.2 Å². The normalized spacial score (nSPS) is 19.5. The van der Waals surface area contributed by atoms with Crippen LogP contribution in [0.2, 0.25) is 5.02 Å². The van der Waals surface area contributed by atoms with E-state index in [-0.39, 0.29) is 5.91 Å². The summed E-state index contributed by atoms with van der Waals surface area (Å²) >= 11 is 7.61. The Morgan fingerprint density at radius 2 is 2.00 bits per heavy atom. The maximum atomic E-state index is 13.5. The van der Waals surface area contributed by atoms with Crippen LogP contribution in [-0.4, -0.2) is 27.2 Å². The van der Waals surface area contributed by atoms with Crippen LogP contribution in [0.15, 0.2) is 66.1 Å². The summed E-state index contributed by atoms with van der Waals surface area (Å²) in [6.45, 7) is 2.73. The molecule has 1 amide bonds. The van der Waals surface area contributed by atoms with Gasteiger partial charge in [0.25, 0.3) is 5.91 Å². The van der Waals surface area contributed by atoms with Crippen LogP contribution in [0.25, 0.3) is 10.2 Å². The van der Waals surface area contributed by atoms with E-state index in [0.717, 1.165) is 22.1 Å². The molecule has 0 bridgehead atoms. The summed E-state index contributed by atoms with van der Waals surface area (Å²) in [7, 11) is 0. The largest absolute Gasteiger partial charge is 0.333 e. The Labute approximate surface area is 178 Å². The van der Waals surface area contributed by atoms with Crippen LogP contribution in [0, 0.1) is 0 Å². The topological polar surface area (TPSA) is 42.3 Å². The molecule has 1 unspecified atom stereocenters. The summed E-state index contributed by atoms with van der Waals surface area (Å²) in [6.07, 6.45) is 9.11. The van der Waals surface area contributed by atoms with Crippen molar-refractivity contribution in [1.82, 2.24) is 9.47 Å². The smallest absolute Gasteiger partial charge is 0.271 e. The number of amides is 1. The second-order valence-electron chi connectivity index (χ2n) is 7.18. The molecule has 148 valence electrons. The van der Waals surface area contributed by atoms with Crippen molar-refractivity contribution in [2.75, 3.05) is 0 Å². The lowest BCUT2D eigenvalue weighted by Crippen LogP contribution is -2.58. The van der Waals surface area contributed by atoms with Gasteiger partial charge in [-0.2, -0.15) is 0 Å². The molecule has 1 aliphatic rings. The van der Waals surface area contributed by atoms with Gasteiger partial charge >= 0.3 is 0 Å². The highest BCUT2D eigenvalue weighted by atomic mass is 35.5. The first kappa shape index (κ1) is 19.7. The molecule has 1 atom stereocenters. The van der Waals surface area contributed by atoms with E-state index in [1.165, 1.54) is 0 Å². The lowest BCUT2D eigenvalue weighted by atomic mass is 9.90. The molecule has 1 aliphatic heterocycles. The quantitative estimate of drug-likeness (QED) is 0.389. The van der Waals surface area contributed by atoms with Crippen molar-refractivity contribution >= 4 is 45.3 Å². The minimum atomic E-state index is -0.949. The van der Waals surface area contributed by atoms with Gasteiger partial charge in [-0.05, 0) is 48.6 Å². The monoisotopic (exact) mass is 424 g/mol. The molecule has 3 aromatic rings. The molecule has 0 radical (unpaired) electrons. The number of thiophene rings is 1. The van der Waals surface area contributed by atoms with E-state index >= 15 is 0 Å². The molecular formula is C23H21ClN2O2S. The van der Waals surface area contributed by atoms with Crippen LogP contribution in [0.4, 0.5) is 0 Å². The van der Waals surface area contributed by atoms with E-state index in [2.05, 4.69) is 0 Å². The molecule has 3 heterocycles. The van der Waals surface area contributed by atoms with Crippen molar-refractivity contribution in [3.8, 4) is 0 Å². The van der Waals surface area contributed by atoms with Gasteiger partial charge in [0.2, 0.25) is 0 Å². The van der Waals surface area contributed by atoms with Crippen LogP contribution < -0.4 is 0 Å². The lowest BCUT2D eigenvalue weighted by Gasteiger charge is -2.44. The molecule has 4 nitrogen and oxygen atoms in total. The predicted molar refractivity (Wildman–Crippen MR) is 119 cm³/mol. The summed E-state index contributed by atoms with van der Waals surface area (Å²) in [5.41, 5.74) is 1.63. The van der Waals surface area contributed by atoms with E-state index in [1.54, 1.807) is 28.4 Å². The first-order valence-electron chi connectivity index (χ1n) is 9.45. The van der Waals surface area contributed by atoms with Crippen LogP contribution in [0.5, 0.6) is 0 Å². The maximum Gasteiger partial charge on any atom is 0.271 e. The van der Waals surface area contributed by atoms with Gasteiger partial charge in [0.15, 0.2) is 0 Å². The standard InChI is InChI=1S/C23H21ClN2O2S/c1-2-3-4-5-11-23(16-27)15-25-19-10-12-29-21(19)13-20(25)22(28)26(23)14-17-6-8-18(24)9-7-17/h2-10,12-13,16H,11,14-15H2,1H3/b3-2-,5-4-. The number of aldehydes is 1. The second kappa shape index (κ2) is 8.01. The number of fused-ring (bicyclic) bond motifs is 3. The van der Waals surface area contributed by atoms with Crippen molar-refractivity contribution in [3.63, 3.8) is 0 Å². The Kier molecular flexibility index (Phi) is 5.43. The third-order valence-corrected chi connectivity index (χ3v) is 6.45. The zero-order chi connectivity index (χ0) is 20.4. The van der Waals surface area contributed by atoms with Crippen molar-refractivity contribution < 1.29 is 9.59 Å². The summed E-state index contributed by atoms with van der Waals surface area (Å²) in [6, 6.07) is 11.3. The van der Waals surface area contributed by atoms with Gasteiger partial charge in [-0.1, -0.05) is 48.0 Å². The molecule has 0 N–H and O–H groups in total. The van der Waals surface area contributed by atoms with Crippen LogP contribution >= 0.6 is 22.9 Å². The molecular weight excluding hydrogens is 404 g/mol. The molecule has 0 spiro atoms. The number of hydrogen-bond donors (Lipinski definition) is 0. The molecule has 6 heteroatoms. The molecule has 29 heavy (non-hydrogen) atoms. The Morgan fingerprint density at radius 3 is 2.72 bits per heavy atom. The maximum absolute atomic E-state index is 13.5. The first-order valence-corrected chi connectivity index (χ1v) is 10.7. The average molecular weight is 425 g/mol. The minimum Gasteiger partial charge on any atom is -0.333 e. The lowest BCUT2D eigenvalue weighted by molar-refractivity contribution is -0.119. The SMILES string of the molecule is C/C=C\C=C/CC1(C=O)Cn2c(cc3sccc32)C(=O)N1Cc1ccc(Cl)cc1. The van der Waals surface area contributed by atoms with E-state index < -0.39 is 5.54 Å². The first-order chi connectivity index (χ1) is 14.1. The van der Waals surface area contributed by atoms with Crippen molar-refractivity contribution in [1.29, 1.82) is 0 Å². The highest BCUT2D eigenvalue weighted by Gasteiger charge is 2.45. The summed E-state index contributed by atoms with van der Waals surface area (Å²) < 4.78 is 3.05. The third kappa shape index (κ3) is 3.56. The molecule has 1 aromatic carbocycles. The highest BCUT2D eigenvalue weighted by Crippen LogP contribution is 2.36. The second-order valence-corrected chi connectivity index (χ2v) is 8.57. The number of aromatic nitrogens is 1. The minimum absolute atomic E-state index is 0.124. The molecule has 2 aromatic heterocycles. The van der Waals surface area contributed by atoms with Crippen LogP contribution in [-0.2, 0) is 17.9 Å². The van der Waals surface area contributed by atoms with Crippen molar-refractivity contribution in [3.05, 3.63) is 82.4 Å². The molecule has 0 aliphatic carbocycles. The number of rotatable bonds is 6. The van der Waals surface area contributed by atoms with Gasteiger partial charge in [0.1, 0.15) is 17.5 Å². The fourth-order valence-corrected chi connectivity index (χ4v) is 4.76. The molecule has 4 rings (SSSR count).